The van der Waals surface area contributed by atoms with Crippen LogP contribution in [0.1, 0.15) is 150 Å². The maximum Gasteiger partial charge on any atom is 0.303 e. The Morgan fingerprint density at radius 1 is 0.683 bits per heavy atom. The average molecular weight is 565 g/mol. The van der Waals surface area contributed by atoms with Crippen molar-refractivity contribution in [3.05, 3.63) is 41.5 Å². The Hall–Kier alpha value is -2.89. The minimum absolute atomic E-state index is 0.182. The van der Waals surface area contributed by atoms with Crippen LogP contribution in [0.5, 0.6) is 0 Å². The van der Waals surface area contributed by atoms with E-state index < -0.39 is 5.97 Å². The number of hydrogen-bond donors (Lipinski definition) is 2. The van der Waals surface area contributed by atoms with Crippen LogP contribution >= 0.6 is 0 Å². The van der Waals surface area contributed by atoms with Gasteiger partial charge in [0.15, 0.2) is 0 Å². The van der Waals surface area contributed by atoms with E-state index in [-0.39, 0.29) is 18.2 Å². The molecule has 2 aromatic rings. The first-order valence-corrected chi connectivity index (χ1v) is 16.4. The summed E-state index contributed by atoms with van der Waals surface area (Å²) < 4.78 is 0. The van der Waals surface area contributed by atoms with Crippen LogP contribution in [0.25, 0.3) is 10.8 Å². The maximum atomic E-state index is 13.3. The Morgan fingerprint density at radius 2 is 1.22 bits per heavy atom. The molecule has 3 rings (SSSR count). The van der Waals surface area contributed by atoms with Crippen LogP contribution in [0.4, 0.5) is 5.69 Å². The lowest BCUT2D eigenvalue weighted by atomic mass is 9.92. The maximum absolute atomic E-state index is 13.3. The van der Waals surface area contributed by atoms with Crippen LogP contribution in [0, 0.1) is 0 Å². The number of amides is 2. The zero-order valence-corrected chi connectivity index (χ0v) is 25.4. The smallest absolute Gasteiger partial charge is 0.303 e. The van der Waals surface area contributed by atoms with Crippen LogP contribution in [0.3, 0.4) is 0 Å². The number of carboxylic acid groups (broad SMARTS) is 1. The topological polar surface area (TPSA) is 86.7 Å². The second-order valence-corrected chi connectivity index (χ2v) is 11.7. The number of imide groups is 1. The van der Waals surface area contributed by atoms with Crippen molar-refractivity contribution >= 4 is 34.2 Å². The molecule has 0 aromatic heterocycles. The molecule has 0 saturated carbocycles. The number of nitrogens with one attached hydrogen (secondary N) is 1. The van der Waals surface area contributed by atoms with Gasteiger partial charge in [0.25, 0.3) is 11.8 Å². The molecule has 2 amide bonds. The van der Waals surface area contributed by atoms with Gasteiger partial charge in [-0.25, -0.2) is 0 Å². The predicted molar refractivity (Wildman–Crippen MR) is 169 cm³/mol. The summed E-state index contributed by atoms with van der Waals surface area (Å²) in [4.78, 5) is 38.7. The number of carbonyl (C=O) groups excluding carboxylic acids is 2. The third-order valence-electron chi connectivity index (χ3n) is 8.36. The number of rotatable bonds is 23. The van der Waals surface area contributed by atoms with Crippen molar-refractivity contribution in [3.8, 4) is 0 Å². The lowest BCUT2D eigenvalue weighted by Gasteiger charge is -2.28. The second-order valence-electron chi connectivity index (χ2n) is 11.7. The van der Waals surface area contributed by atoms with Crippen molar-refractivity contribution in [2.45, 2.75) is 129 Å². The zero-order chi connectivity index (χ0) is 29.3. The molecule has 6 heteroatoms. The molecule has 0 saturated heterocycles. The third kappa shape index (κ3) is 10.5. The third-order valence-corrected chi connectivity index (χ3v) is 8.36. The number of carboxylic acids is 1. The van der Waals surface area contributed by atoms with Crippen molar-refractivity contribution in [3.63, 3.8) is 0 Å². The molecular formula is C35H52N2O4. The van der Waals surface area contributed by atoms with Gasteiger partial charge in [0, 0.05) is 47.1 Å². The summed E-state index contributed by atoms with van der Waals surface area (Å²) in [6.45, 7) is 3.60. The molecule has 0 radical (unpaired) electrons. The Morgan fingerprint density at radius 3 is 1.83 bits per heavy atom. The number of nitrogens with zero attached hydrogens (tertiary/aromatic N) is 1. The van der Waals surface area contributed by atoms with E-state index in [0.717, 1.165) is 80.8 Å². The van der Waals surface area contributed by atoms with Gasteiger partial charge in [0.2, 0.25) is 0 Å². The molecule has 0 aliphatic carbocycles. The fourth-order valence-corrected chi connectivity index (χ4v) is 5.95. The molecule has 0 spiro atoms. The summed E-state index contributed by atoms with van der Waals surface area (Å²) in [6, 6.07) is 9.68. The van der Waals surface area contributed by atoms with Crippen molar-refractivity contribution in [1.82, 2.24) is 4.90 Å². The molecule has 6 nitrogen and oxygen atoms in total. The molecule has 2 N–H and O–H groups in total. The Bertz CT molecular complexity index is 1090. The number of unbranched alkanes of at least 4 members (excludes halogenated alkanes) is 16. The van der Waals surface area contributed by atoms with Crippen molar-refractivity contribution in [2.24, 2.45) is 0 Å². The van der Waals surface area contributed by atoms with Gasteiger partial charge in [0.05, 0.1) is 0 Å². The Kier molecular flexibility index (Phi) is 14.7. The van der Waals surface area contributed by atoms with Gasteiger partial charge in [-0.1, -0.05) is 115 Å². The van der Waals surface area contributed by atoms with E-state index >= 15 is 0 Å². The van der Waals surface area contributed by atoms with E-state index in [2.05, 4.69) is 12.2 Å². The molecule has 0 unspecified atom stereocenters. The van der Waals surface area contributed by atoms with E-state index in [9.17, 15) is 14.4 Å². The monoisotopic (exact) mass is 564 g/mol. The quantitative estimate of drug-likeness (QED) is 0.104. The summed E-state index contributed by atoms with van der Waals surface area (Å²) in [5.41, 5.74) is 2.25. The lowest BCUT2D eigenvalue weighted by molar-refractivity contribution is -0.137. The van der Waals surface area contributed by atoms with Gasteiger partial charge < -0.3 is 10.4 Å². The van der Waals surface area contributed by atoms with E-state index in [1.54, 1.807) is 0 Å². The summed E-state index contributed by atoms with van der Waals surface area (Å²) in [5.74, 6) is -1.08. The summed E-state index contributed by atoms with van der Waals surface area (Å²) in [6.07, 6.45) is 21.2. The summed E-state index contributed by atoms with van der Waals surface area (Å²) in [5, 5.41) is 14.0. The van der Waals surface area contributed by atoms with Gasteiger partial charge in [-0.05, 0) is 37.5 Å². The second kappa shape index (κ2) is 18.5. The van der Waals surface area contributed by atoms with Gasteiger partial charge in [-0.15, -0.1) is 0 Å². The van der Waals surface area contributed by atoms with E-state index in [4.69, 9.17) is 5.11 Å². The van der Waals surface area contributed by atoms with Gasteiger partial charge in [-0.2, -0.15) is 0 Å². The van der Waals surface area contributed by atoms with Crippen LogP contribution < -0.4 is 5.32 Å². The highest BCUT2D eigenvalue weighted by Gasteiger charge is 2.32. The SMILES string of the molecule is CCCCCCCCCCCCNc1ccc2c3c(cccc13)C(=O)N(CCCCCCCCCCC(=O)O)C2=O. The first-order chi connectivity index (χ1) is 20.0. The first-order valence-electron chi connectivity index (χ1n) is 16.4. The van der Waals surface area contributed by atoms with Crippen molar-refractivity contribution in [1.29, 1.82) is 0 Å². The molecule has 0 atom stereocenters. The first kappa shape index (κ1) is 32.6. The van der Waals surface area contributed by atoms with Crippen molar-refractivity contribution < 1.29 is 19.5 Å². The molecule has 0 fully saturated rings. The minimum atomic E-state index is -0.720. The van der Waals surface area contributed by atoms with Gasteiger partial charge >= 0.3 is 5.97 Å². The van der Waals surface area contributed by atoms with Gasteiger partial charge in [-0.3, -0.25) is 19.3 Å². The number of hydrogen-bond acceptors (Lipinski definition) is 4. The molecule has 1 aliphatic heterocycles. The molecule has 1 heterocycles. The van der Waals surface area contributed by atoms with Gasteiger partial charge in [0.1, 0.15) is 0 Å². The van der Waals surface area contributed by atoms with Crippen molar-refractivity contribution in [2.75, 3.05) is 18.4 Å². The largest absolute Gasteiger partial charge is 0.481 e. The standard InChI is InChI=1S/C35H52N2O4/c1-2-3-4-5-6-7-9-12-15-18-26-36-31-25-24-30-33-28(31)21-20-22-29(33)34(40)37(35(30)41)27-19-16-13-10-8-11-14-17-23-32(38)39/h20-22,24-25,36H,2-19,23,26-27H2,1H3,(H,38,39). The predicted octanol–water partition coefficient (Wildman–Crippen LogP) is 9.36. The molecule has 0 bridgehead atoms. The number of anilines is 1. The van der Waals surface area contributed by atoms with Crippen LogP contribution in [-0.2, 0) is 4.79 Å². The van der Waals surface area contributed by atoms with E-state index in [1.807, 2.05) is 30.3 Å². The molecule has 2 aromatic carbocycles. The number of aliphatic carboxylic acids is 1. The van der Waals surface area contributed by atoms with Crippen LogP contribution in [0.2, 0.25) is 0 Å². The average Bonchev–Trinajstić information content (AvgIpc) is 2.97. The molecule has 226 valence electrons. The zero-order valence-electron chi connectivity index (χ0n) is 25.4. The lowest BCUT2D eigenvalue weighted by Crippen LogP contribution is -2.40. The van der Waals surface area contributed by atoms with E-state index in [1.165, 1.54) is 62.7 Å². The molecule has 1 aliphatic rings. The fourth-order valence-electron chi connectivity index (χ4n) is 5.95. The Labute approximate surface area is 247 Å². The summed E-state index contributed by atoms with van der Waals surface area (Å²) in [7, 11) is 0. The summed E-state index contributed by atoms with van der Waals surface area (Å²) >= 11 is 0. The number of benzene rings is 2. The van der Waals surface area contributed by atoms with Crippen LogP contribution in [-0.4, -0.2) is 40.9 Å². The normalized spacial score (nSPS) is 12.9. The number of carbonyl (C=O) groups is 3. The highest BCUT2D eigenvalue weighted by atomic mass is 16.4. The highest BCUT2D eigenvalue weighted by Crippen LogP contribution is 2.34. The molecule has 41 heavy (non-hydrogen) atoms. The fraction of sp³-hybridized carbons (Fsp3) is 0.629. The molecular weight excluding hydrogens is 512 g/mol. The Balaban J connectivity index is 1.41. The van der Waals surface area contributed by atoms with E-state index in [0.29, 0.717) is 17.7 Å². The van der Waals surface area contributed by atoms with Crippen LogP contribution in [0.15, 0.2) is 30.3 Å². The highest BCUT2D eigenvalue weighted by molar-refractivity contribution is 6.26. The minimum Gasteiger partial charge on any atom is -0.481 e.